The molecule has 0 saturated heterocycles. The molecule has 0 saturated carbocycles. The van der Waals surface area contributed by atoms with E-state index in [9.17, 15) is 0 Å². The first-order valence-electron chi connectivity index (χ1n) is 6.03. The van der Waals surface area contributed by atoms with Crippen LogP contribution < -0.4 is 15.4 Å². The van der Waals surface area contributed by atoms with Gasteiger partial charge in [-0.1, -0.05) is 12.1 Å². The highest BCUT2D eigenvalue weighted by atomic mass is 16.5. The fraction of sp³-hybridized carbons (Fsp3) is 0.286. The quantitative estimate of drug-likeness (QED) is 0.908. The number of nitrogens with two attached hydrogens (primary N) is 1. The van der Waals surface area contributed by atoms with E-state index in [1.807, 2.05) is 43.1 Å². The van der Waals surface area contributed by atoms with Gasteiger partial charge >= 0.3 is 0 Å². The molecule has 0 fully saturated rings. The van der Waals surface area contributed by atoms with E-state index in [2.05, 4.69) is 16.0 Å². The molecule has 2 aromatic rings. The SMILES string of the molecule is COc1cccc(CN(C)c2cc(C)nc(N)n2)c1. The number of benzene rings is 1. The zero-order valence-electron chi connectivity index (χ0n) is 11.4. The Morgan fingerprint density at radius 2 is 2.05 bits per heavy atom. The Morgan fingerprint density at radius 1 is 1.26 bits per heavy atom. The van der Waals surface area contributed by atoms with Crippen molar-refractivity contribution in [1.82, 2.24) is 9.97 Å². The second-order valence-corrected chi connectivity index (χ2v) is 4.43. The van der Waals surface area contributed by atoms with E-state index >= 15 is 0 Å². The lowest BCUT2D eigenvalue weighted by atomic mass is 10.2. The highest BCUT2D eigenvalue weighted by Gasteiger charge is 2.06. The first-order valence-corrected chi connectivity index (χ1v) is 6.03. The minimum atomic E-state index is 0.299. The third kappa shape index (κ3) is 3.34. The summed E-state index contributed by atoms with van der Waals surface area (Å²) in [4.78, 5) is 10.3. The summed E-state index contributed by atoms with van der Waals surface area (Å²) >= 11 is 0. The van der Waals surface area contributed by atoms with Gasteiger partial charge in [0.05, 0.1) is 7.11 Å². The van der Waals surface area contributed by atoms with E-state index in [1.165, 1.54) is 0 Å². The Balaban J connectivity index is 2.17. The molecule has 0 aliphatic carbocycles. The Hall–Kier alpha value is -2.30. The number of aryl methyl sites for hydroxylation is 1. The third-order valence-electron chi connectivity index (χ3n) is 2.80. The van der Waals surface area contributed by atoms with Crippen molar-refractivity contribution in [1.29, 1.82) is 0 Å². The first-order chi connectivity index (χ1) is 9.08. The summed E-state index contributed by atoms with van der Waals surface area (Å²) in [5.74, 6) is 1.96. The van der Waals surface area contributed by atoms with E-state index in [0.29, 0.717) is 5.95 Å². The number of hydrogen-bond donors (Lipinski definition) is 1. The zero-order valence-corrected chi connectivity index (χ0v) is 11.4. The molecule has 0 aliphatic rings. The Bertz CT molecular complexity index is 551. The van der Waals surface area contributed by atoms with Gasteiger partial charge in [0.2, 0.25) is 5.95 Å². The number of anilines is 2. The molecular formula is C14H18N4O. The van der Waals surface area contributed by atoms with Crippen LogP contribution in [0.25, 0.3) is 0 Å². The van der Waals surface area contributed by atoms with Gasteiger partial charge in [0, 0.05) is 25.4 Å². The van der Waals surface area contributed by atoms with Crippen LogP contribution in [0.3, 0.4) is 0 Å². The topological polar surface area (TPSA) is 64.3 Å². The average Bonchev–Trinajstić information content (AvgIpc) is 2.37. The van der Waals surface area contributed by atoms with Crippen LogP contribution in [0.15, 0.2) is 30.3 Å². The number of rotatable bonds is 4. The van der Waals surface area contributed by atoms with Gasteiger partial charge < -0.3 is 15.4 Å². The number of ether oxygens (including phenoxy) is 1. The van der Waals surface area contributed by atoms with E-state index in [4.69, 9.17) is 10.5 Å². The molecule has 2 rings (SSSR count). The molecule has 1 aromatic heterocycles. The van der Waals surface area contributed by atoms with E-state index in [0.717, 1.165) is 29.4 Å². The maximum absolute atomic E-state index is 5.67. The second-order valence-electron chi connectivity index (χ2n) is 4.43. The van der Waals surface area contributed by atoms with Gasteiger partial charge in [-0.2, -0.15) is 4.98 Å². The summed E-state index contributed by atoms with van der Waals surface area (Å²) in [6.07, 6.45) is 0. The molecule has 5 heteroatoms. The lowest BCUT2D eigenvalue weighted by Crippen LogP contribution is -2.18. The van der Waals surface area contributed by atoms with E-state index in [1.54, 1.807) is 7.11 Å². The molecular weight excluding hydrogens is 240 g/mol. The second kappa shape index (κ2) is 5.56. The van der Waals surface area contributed by atoms with Crippen molar-refractivity contribution in [2.24, 2.45) is 0 Å². The van der Waals surface area contributed by atoms with Crippen molar-refractivity contribution in [2.45, 2.75) is 13.5 Å². The molecule has 0 aliphatic heterocycles. The van der Waals surface area contributed by atoms with Crippen molar-refractivity contribution in [3.05, 3.63) is 41.6 Å². The average molecular weight is 258 g/mol. The van der Waals surface area contributed by atoms with Crippen LogP contribution in [0.2, 0.25) is 0 Å². The van der Waals surface area contributed by atoms with Crippen LogP contribution >= 0.6 is 0 Å². The smallest absolute Gasteiger partial charge is 0.222 e. The first kappa shape index (κ1) is 13.1. The summed E-state index contributed by atoms with van der Waals surface area (Å²) in [7, 11) is 3.64. The van der Waals surface area contributed by atoms with Crippen molar-refractivity contribution in [3.8, 4) is 5.75 Å². The number of nitrogens with zero attached hydrogens (tertiary/aromatic N) is 3. The molecule has 0 radical (unpaired) electrons. The molecule has 0 spiro atoms. The summed E-state index contributed by atoms with van der Waals surface area (Å²) in [6.45, 7) is 2.63. The maximum Gasteiger partial charge on any atom is 0.222 e. The number of nitrogen functional groups attached to an aromatic ring is 1. The Kier molecular flexibility index (Phi) is 3.85. The fourth-order valence-corrected chi connectivity index (χ4v) is 1.90. The highest BCUT2D eigenvalue weighted by Crippen LogP contribution is 2.18. The number of aromatic nitrogens is 2. The summed E-state index contributed by atoms with van der Waals surface area (Å²) in [5, 5.41) is 0. The standard InChI is InChI=1S/C14H18N4O/c1-10-7-13(17-14(15)16-10)18(2)9-11-5-4-6-12(8-11)19-3/h4-8H,9H2,1-3H3,(H2,15,16,17). The van der Waals surface area contributed by atoms with Crippen LogP contribution in [0, 0.1) is 6.92 Å². The van der Waals surface area contributed by atoms with Crippen LogP contribution in [-0.4, -0.2) is 24.1 Å². The number of hydrogen-bond acceptors (Lipinski definition) is 5. The van der Waals surface area contributed by atoms with E-state index in [-0.39, 0.29) is 0 Å². The predicted molar refractivity (Wildman–Crippen MR) is 76.3 cm³/mol. The fourth-order valence-electron chi connectivity index (χ4n) is 1.90. The molecule has 0 atom stereocenters. The number of methoxy groups -OCH3 is 1. The minimum absolute atomic E-state index is 0.299. The molecule has 19 heavy (non-hydrogen) atoms. The largest absolute Gasteiger partial charge is 0.497 e. The van der Waals surface area contributed by atoms with Gasteiger partial charge in [0.1, 0.15) is 11.6 Å². The van der Waals surface area contributed by atoms with Crippen LogP contribution in [0.5, 0.6) is 5.75 Å². The van der Waals surface area contributed by atoms with Gasteiger partial charge in [-0.05, 0) is 24.6 Å². The van der Waals surface area contributed by atoms with Crippen molar-refractivity contribution < 1.29 is 4.74 Å². The summed E-state index contributed by atoms with van der Waals surface area (Å²) < 4.78 is 5.22. The molecule has 0 amide bonds. The lowest BCUT2D eigenvalue weighted by Gasteiger charge is -2.19. The molecule has 0 unspecified atom stereocenters. The summed E-state index contributed by atoms with van der Waals surface area (Å²) in [5.41, 5.74) is 7.68. The normalized spacial score (nSPS) is 10.3. The molecule has 1 heterocycles. The predicted octanol–water partition coefficient (Wildman–Crippen LogP) is 2.01. The lowest BCUT2D eigenvalue weighted by molar-refractivity contribution is 0.414. The van der Waals surface area contributed by atoms with Crippen LogP contribution in [0.4, 0.5) is 11.8 Å². The van der Waals surface area contributed by atoms with Gasteiger partial charge in [-0.25, -0.2) is 4.98 Å². The summed E-state index contributed by atoms with van der Waals surface area (Å²) in [6, 6.07) is 9.87. The monoisotopic (exact) mass is 258 g/mol. The van der Waals surface area contributed by atoms with Crippen LogP contribution in [-0.2, 0) is 6.54 Å². The third-order valence-corrected chi connectivity index (χ3v) is 2.80. The van der Waals surface area contributed by atoms with E-state index < -0.39 is 0 Å². The Morgan fingerprint density at radius 3 is 2.74 bits per heavy atom. The van der Waals surface area contributed by atoms with Gasteiger partial charge in [-0.3, -0.25) is 0 Å². The van der Waals surface area contributed by atoms with Gasteiger partial charge in [0.15, 0.2) is 0 Å². The molecule has 100 valence electrons. The molecule has 0 bridgehead atoms. The van der Waals surface area contributed by atoms with Crippen molar-refractivity contribution in [2.75, 3.05) is 24.8 Å². The van der Waals surface area contributed by atoms with Crippen molar-refractivity contribution >= 4 is 11.8 Å². The maximum atomic E-state index is 5.67. The molecule has 1 aromatic carbocycles. The zero-order chi connectivity index (χ0) is 13.8. The van der Waals surface area contributed by atoms with Gasteiger partial charge in [-0.15, -0.1) is 0 Å². The highest BCUT2D eigenvalue weighted by molar-refractivity contribution is 5.43. The van der Waals surface area contributed by atoms with Gasteiger partial charge in [0.25, 0.3) is 0 Å². The Labute approximate surface area is 113 Å². The van der Waals surface area contributed by atoms with Crippen molar-refractivity contribution in [3.63, 3.8) is 0 Å². The molecule has 5 nitrogen and oxygen atoms in total. The minimum Gasteiger partial charge on any atom is -0.497 e. The molecule has 2 N–H and O–H groups in total. The van der Waals surface area contributed by atoms with Crippen LogP contribution in [0.1, 0.15) is 11.3 Å².